The number of hydrogen-bond donors (Lipinski definition) is 2. The van der Waals surface area contributed by atoms with E-state index in [1.165, 1.54) is 11.1 Å². The van der Waals surface area contributed by atoms with Crippen LogP contribution in [0.5, 0.6) is 0 Å². The lowest BCUT2D eigenvalue weighted by molar-refractivity contribution is 0.102. The molecule has 0 aliphatic carbocycles. The largest absolute Gasteiger partial charge is 0.384 e. The zero-order chi connectivity index (χ0) is 15.7. The van der Waals surface area contributed by atoms with E-state index in [9.17, 15) is 4.79 Å². The molecule has 23 heavy (non-hydrogen) atoms. The van der Waals surface area contributed by atoms with E-state index in [4.69, 9.17) is 0 Å². The van der Waals surface area contributed by atoms with Gasteiger partial charge in [-0.15, -0.1) is 12.4 Å². The quantitative estimate of drug-likeness (QED) is 0.851. The van der Waals surface area contributed by atoms with Gasteiger partial charge in [-0.3, -0.25) is 4.79 Å². The van der Waals surface area contributed by atoms with Crippen molar-refractivity contribution >= 4 is 29.7 Å². The Morgan fingerprint density at radius 3 is 2.74 bits per heavy atom. The number of hydrogen-bond acceptors (Lipinski definition) is 2. The molecular weight excluding hydrogens is 308 g/mol. The molecule has 0 fully saturated rings. The van der Waals surface area contributed by atoms with Crippen LogP contribution >= 0.6 is 12.4 Å². The average molecular weight is 331 g/mol. The van der Waals surface area contributed by atoms with E-state index in [1.54, 1.807) is 0 Å². The summed E-state index contributed by atoms with van der Waals surface area (Å²) in [7, 11) is 0. The lowest BCUT2D eigenvalue weighted by Crippen LogP contribution is -2.15. The molecular formula is C19H23ClN2O. The first kappa shape index (κ1) is 17.4. The first-order valence-corrected chi connectivity index (χ1v) is 7.84. The van der Waals surface area contributed by atoms with Crippen molar-refractivity contribution < 1.29 is 4.79 Å². The number of para-hydroxylation sites is 1. The molecule has 0 saturated heterocycles. The average Bonchev–Trinajstić information content (AvgIpc) is 2.96. The Labute approximate surface area is 143 Å². The summed E-state index contributed by atoms with van der Waals surface area (Å²) in [5, 5.41) is 6.43. The second-order valence-electron chi connectivity index (χ2n) is 6.20. The third kappa shape index (κ3) is 3.50. The Bertz CT molecular complexity index is 725. The van der Waals surface area contributed by atoms with Gasteiger partial charge >= 0.3 is 0 Å². The van der Waals surface area contributed by atoms with Crippen molar-refractivity contribution in [3.05, 3.63) is 58.7 Å². The number of amides is 1. The molecule has 1 heterocycles. The van der Waals surface area contributed by atoms with Crippen molar-refractivity contribution in [2.45, 2.75) is 33.1 Å². The van der Waals surface area contributed by atoms with Gasteiger partial charge in [-0.2, -0.15) is 0 Å². The summed E-state index contributed by atoms with van der Waals surface area (Å²) in [4.78, 5) is 12.6. The molecule has 0 spiro atoms. The fraction of sp³-hybridized carbons (Fsp3) is 0.316. The van der Waals surface area contributed by atoms with E-state index in [0.717, 1.165) is 35.5 Å². The number of halogens is 1. The van der Waals surface area contributed by atoms with Crippen molar-refractivity contribution in [2.24, 2.45) is 0 Å². The van der Waals surface area contributed by atoms with E-state index in [-0.39, 0.29) is 18.3 Å². The highest BCUT2D eigenvalue weighted by Gasteiger charge is 2.16. The topological polar surface area (TPSA) is 41.1 Å². The maximum Gasteiger partial charge on any atom is 0.255 e. The molecule has 1 aliphatic rings. The Balaban J connectivity index is 0.00000192. The van der Waals surface area contributed by atoms with Crippen LogP contribution in [-0.2, 0) is 6.42 Å². The maximum atomic E-state index is 12.6. The lowest BCUT2D eigenvalue weighted by Gasteiger charge is -2.16. The molecule has 0 radical (unpaired) electrons. The number of rotatable bonds is 3. The first-order chi connectivity index (χ1) is 10.6. The summed E-state index contributed by atoms with van der Waals surface area (Å²) in [6.07, 6.45) is 0.984. The van der Waals surface area contributed by atoms with Gasteiger partial charge in [-0.1, -0.05) is 32.0 Å². The predicted octanol–water partition coefficient (Wildman–Crippen LogP) is 4.76. The van der Waals surface area contributed by atoms with Gasteiger partial charge in [-0.05, 0) is 54.2 Å². The summed E-state index contributed by atoms with van der Waals surface area (Å²) in [6, 6.07) is 12.0. The van der Waals surface area contributed by atoms with Gasteiger partial charge in [0.25, 0.3) is 5.91 Å². The first-order valence-electron chi connectivity index (χ1n) is 7.84. The van der Waals surface area contributed by atoms with Crippen LogP contribution in [0.15, 0.2) is 36.4 Å². The maximum absolute atomic E-state index is 12.6. The molecule has 2 aromatic rings. The van der Waals surface area contributed by atoms with Crippen LogP contribution in [0.3, 0.4) is 0 Å². The highest BCUT2D eigenvalue weighted by Crippen LogP contribution is 2.28. The standard InChI is InChI=1S/C19H22N2O.ClH/c1-12(2)16-6-4-5-13(3)18(16)21-19(22)15-7-8-17-14(11-15)9-10-20-17;/h4-8,11-12,20H,9-10H2,1-3H3,(H,21,22);1H. The number of carbonyl (C=O) groups is 1. The van der Waals surface area contributed by atoms with Crippen molar-refractivity contribution in [3.8, 4) is 0 Å². The zero-order valence-corrected chi connectivity index (χ0v) is 14.6. The molecule has 2 N–H and O–H groups in total. The van der Waals surface area contributed by atoms with Crippen LogP contribution in [0.1, 0.15) is 46.8 Å². The van der Waals surface area contributed by atoms with E-state index in [1.807, 2.05) is 37.3 Å². The van der Waals surface area contributed by atoms with E-state index in [2.05, 4.69) is 30.5 Å². The van der Waals surface area contributed by atoms with Crippen LogP contribution in [0.2, 0.25) is 0 Å². The third-order valence-corrected chi connectivity index (χ3v) is 4.24. The third-order valence-electron chi connectivity index (χ3n) is 4.24. The minimum atomic E-state index is -0.0362. The molecule has 0 bridgehead atoms. The lowest BCUT2D eigenvalue weighted by atomic mass is 9.98. The molecule has 3 rings (SSSR count). The Morgan fingerprint density at radius 1 is 1.22 bits per heavy atom. The fourth-order valence-corrected chi connectivity index (χ4v) is 2.97. The van der Waals surface area contributed by atoms with Crippen molar-refractivity contribution in [1.29, 1.82) is 0 Å². The Hall–Kier alpha value is -2.00. The zero-order valence-electron chi connectivity index (χ0n) is 13.8. The van der Waals surface area contributed by atoms with Gasteiger partial charge < -0.3 is 10.6 Å². The molecule has 0 unspecified atom stereocenters. The Morgan fingerprint density at radius 2 is 2.00 bits per heavy atom. The Kier molecular flexibility index (Phi) is 5.32. The molecule has 3 nitrogen and oxygen atoms in total. The van der Waals surface area contributed by atoms with Gasteiger partial charge in [-0.25, -0.2) is 0 Å². The van der Waals surface area contributed by atoms with Crippen LogP contribution in [0.4, 0.5) is 11.4 Å². The second kappa shape index (κ2) is 7.05. The molecule has 1 aliphatic heterocycles. The summed E-state index contributed by atoms with van der Waals surface area (Å²) >= 11 is 0. The smallest absolute Gasteiger partial charge is 0.255 e. The van der Waals surface area contributed by atoms with Crippen LogP contribution in [-0.4, -0.2) is 12.5 Å². The van der Waals surface area contributed by atoms with Crippen LogP contribution < -0.4 is 10.6 Å². The van der Waals surface area contributed by atoms with Crippen LogP contribution in [0, 0.1) is 6.92 Å². The number of anilines is 2. The molecule has 0 saturated carbocycles. The number of benzene rings is 2. The van der Waals surface area contributed by atoms with E-state index < -0.39 is 0 Å². The van der Waals surface area contributed by atoms with Gasteiger partial charge in [0.1, 0.15) is 0 Å². The van der Waals surface area contributed by atoms with Gasteiger partial charge in [0, 0.05) is 23.5 Å². The number of aryl methyl sites for hydroxylation is 1. The summed E-state index contributed by atoms with van der Waals surface area (Å²) in [5.74, 6) is 0.338. The van der Waals surface area contributed by atoms with Gasteiger partial charge in [0.2, 0.25) is 0 Å². The van der Waals surface area contributed by atoms with Crippen molar-refractivity contribution in [3.63, 3.8) is 0 Å². The minimum Gasteiger partial charge on any atom is -0.384 e. The van der Waals surface area contributed by atoms with E-state index in [0.29, 0.717) is 5.92 Å². The van der Waals surface area contributed by atoms with Gasteiger partial charge in [0.05, 0.1) is 0 Å². The number of fused-ring (bicyclic) bond motifs is 1. The van der Waals surface area contributed by atoms with Crippen molar-refractivity contribution in [2.75, 3.05) is 17.2 Å². The number of carbonyl (C=O) groups excluding carboxylic acids is 1. The fourth-order valence-electron chi connectivity index (χ4n) is 2.97. The minimum absolute atomic E-state index is 0. The summed E-state index contributed by atoms with van der Waals surface area (Å²) in [5.41, 5.74) is 6.32. The van der Waals surface area contributed by atoms with Crippen LogP contribution in [0.25, 0.3) is 0 Å². The number of nitrogens with one attached hydrogen (secondary N) is 2. The predicted molar refractivity (Wildman–Crippen MR) is 99.1 cm³/mol. The molecule has 4 heteroatoms. The van der Waals surface area contributed by atoms with Crippen molar-refractivity contribution in [1.82, 2.24) is 0 Å². The second-order valence-corrected chi connectivity index (χ2v) is 6.20. The highest BCUT2D eigenvalue weighted by atomic mass is 35.5. The SMILES string of the molecule is Cc1cccc(C(C)C)c1NC(=O)c1ccc2c(c1)CCN2.Cl. The normalized spacial score (nSPS) is 12.3. The highest BCUT2D eigenvalue weighted by molar-refractivity contribution is 6.05. The van der Waals surface area contributed by atoms with E-state index >= 15 is 0 Å². The molecule has 0 aromatic heterocycles. The summed E-state index contributed by atoms with van der Waals surface area (Å²) < 4.78 is 0. The monoisotopic (exact) mass is 330 g/mol. The van der Waals surface area contributed by atoms with Gasteiger partial charge in [0.15, 0.2) is 0 Å². The molecule has 1 amide bonds. The summed E-state index contributed by atoms with van der Waals surface area (Å²) in [6.45, 7) is 7.28. The molecule has 2 aromatic carbocycles. The molecule has 0 atom stereocenters. The molecule has 122 valence electrons.